The zero-order valence-corrected chi connectivity index (χ0v) is 20.8. The minimum Gasteiger partial charge on any atom is -0.493 e. The predicted octanol–water partition coefficient (Wildman–Crippen LogP) is 4.22. The largest absolute Gasteiger partial charge is 0.493 e. The summed E-state index contributed by atoms with van der Waals surface area (Å²) in [6.45, 7) is 4.16. The summed E-state index contributed by atoms with van der Waals surface area (Å²) in [5.74, 6) is 5.02. The third kappa shape index (κ3) is 6.86. The van der Waals surface area contributed by atoms with Gasteiger partial charge in [0.25, 0.3) is 5.91 Å². The Bertz CT molecular complexity index is 1270. The molecule has 0 aliphatic heterocycles. The molecule has 2 atom stereocenters. The van der Waals surface area contributed by atoms with Gasteiger partial charge in [-0.3, -0.25) is 9.59 Å². The van der Waals surface area contributed by atoms with Crippen LogP contribution in [0.5, 0.6) is 5.75 Å². The SMILES string of the molecule is CCCOc1ccc(C#CCCCC(=O)NC)cc1C(=O)NC(O)C(C)c1c[nH]c2ccc(F)cc12. The first kappa shape index (κ1) is 26.8. The summed E-state index contributed by atoms with van der Waals surface area (Å²) in [7, 11) is 1.60. The van der Waals surface area contributed by atoms with E-state index in [1.54, 1.807) is 44.4 Å². The molecule has 0 bridgehead atoms. The van der Waals surface area contributed by atoms with E-state index in [9.17, 15) is 19.1 Å². The molecule has 0 radical (unpaired) electrons. The van der Waals surface area contributed by atoms with Crippen molar-refractivity contribution < 1.29 is 23.8 Å². The molecule has 0 saturated carbocycles. The van der Waals surface area contributed by atoms with Crippen LogP contribution in [-0.2, 0) is 4.79 Å². The molecule has 3 rings (SSSR count). The van der Waals surface area contributed by atoms with Crippen LogP contribution in [0.2, 0.25) is 0 Å². The van der Waals surface area contributed by atoms with Crippen LogP contribution < -0.4 is 15.4 Å². The molecule has 8 heteroatoms. The topological polar surface area (TPSA) is 103 Å². The van der Waals surface area contributed by atoms with E-state index in [1.165, 1.54) is 12.1 Å². The number of halogens is 1. The number of nitrogens with one attached hydrogen (secondary N) is 3. The standard InChI is InChI=1S/C28H32FN3O4/c1-4-14-36-25-13-10-19(8-6-5-7-9-26(33)30-3)15-22(25)28(35)32-27(34)18(2)23-17-31-24-12-11-20(29)16-21(23)24/h10-13,15-18,27,31,34H,4-5,7,9,14H2,1-3H3,(H,30,33)(H,32,35). The van der Waals surface area contributed by atoms with Crippen LogP contribution in [0.1, 0.15) is 66.9 Å². The number of H-pyrrole nitrogens is 1. The number of fused-ring (bicyclic) bond motifs is 1. The summed E-state index contributed by atoms with van der Waals surface area (Å²) in [6, 6.07) is 9.49. The quantitative estimate of drug-likeness (QED) is 0.193. The molecule has 1 aromatic heterocycles. The van der Waals surface area contributed by atoms with Crippen molar-refractivity contribution in [2.24, 2.45) is 0 Å². The summed E-state index contributed by atoms with van der Waals surface area (Å²) in [5, 5.41) is 16.7. The molecule has 2 amide bonds. The lowest BCUT2D eigenvalue weighted by atomic mass is 9.98. The van der Waals surface area contributed by atoms with Crippen LogP contribution in [0.25, 0.3) is 10.9 Å². The Morgan fingerprint density at radius 1 is 1.22 bits per heavy atom. The summed E-state index contributed by atoms with van der Waals surface area (Å²) < 4.78 is 19.5. The smallest absolute Gasteiger partial charge is 0.257 e. The molecular weight excluding hydrogens is 461 g/mol. The second-order valence-corrected chi connectivity index (χ2v) is 8.53. The fourth-order valence-corrected chi connectivity index (χ4v) is 3.75. The number of aromatic amines is 1. The normalized spacial score (nSPS) is 12.4. The fraction of sp³-hybridized carbons (Fsp3) is 0.357. The van der Waals surface area contributed by atoms with E-state index in [0.717, 1.165) is 11.9 Å². The van der Waals surface area contributed by atoms with Crippen molar-refractivity contribution >= 4 is 22.7 Å². The molecular formula is C28H32FN3O4. The van der Waals surface area contributed by atoms with Gasteiger partial charge in [0.1, 0.15) is 17.8 Å². The minimum atomic E-state index is -1.22. The molecule has 0 spiro atoms. The van der Waals surface area contributed by atoms with Gasteiger partial charge >= 0.3 is 0 Å². The van der Waals surface area contributed by atoms with Crippen LogP contribution in [0, 0.1) is 17.7 Å². The number of carbonyl (C=O) groups excluding carboxylic acids is 2. The number of carbonyl (C=O) groups is 2. The van der Waals surface area contributed by atoms with Crippen LogP contribution in [-0.4, -0.2) is 41.8 Å². The summed E-state index contributed by atoms with van der Waals surface area (Å²) >= 11 is 0. The molecule has 2 aromatic carbocycles. The van der Waals surface area contributed by atoms with Gasteiger partial charge in [-0.15, -0.1) is 0 Å². The molecule has 3 aromatic rings. The molecule has 2 unspecified atom stereocenters. The Kier molecular flexibility index (Phi) is 9.48. The monoisotopic (exact) mass is 493 g/mol. The second-order valence-electron chi connectivity index (χ2n) is 8.53. The maximum Gasteiger partial charge on any atom is 0.257 e. The third-order valence-electron chi connectivity index (χ3n) is 5.82. The van der Waals surface area contributed by atoms with E-state index in [1.807, 2.05) is 6.92 Å². The molecule has 36 heavy (non-hydrogen) atoms. The number of aromatic nitrogens is 1. The molecule has 190 valence electrons. The third-order valence-corrected chi connectivity index (χ3v) is 5.82. The van der Waals surface area contributed by atoms with Crippen molar-refractivity contribution in [3.63, 3.8) is 0 Å². The van der Waals surface area contributed by atoms with Crippen molar-refractivity contribution in [1.82, 2.24) is 15.6 Å². The summed E-state index contributed by atoms with van der Waals surface area (Å²) in [6.07, 6.45) is 2.84. The number of benzene rings is 2. The van der Waals surface area contributed by atoms with Crippen LogP contribution in [0.3, 0.4) is 0 Å². The number of amides is 2. The van der Waals surface area contributed by atoms with Gasteiger partial charge in [0.15, 0.2) is 0 Å². The first-order valence-electron chi connectivity index (χ1n) is 12.1. The van der Waals surface area contributed by atoms with E-state index in [0.29, 0.717) is 48.1 Å². The predicted molar refractivity (Wildman–Crippen MR) is 137 cm³/mol. The summed E-state index contributed by atoms with van der Waals surface area (Å²) in [5.41, 5.74) is 2.32. The van der Waals surface area contributed by atoms with E-state index >= 15 is 0 Å². The Morgan fingerprint density at radius 3 is 2.78 bits per heavy atom. The van der Waals surface area contributed by atoms with Crippen molar-refractivity contribution in [2.75, 3.05) is 13.7 Å². The molecule has 0 aliphatic rings. The lowest BCUT2D eigenvalue weighted by Gasteiger charge is -2.21. The number of hydrogen-bond donors (Lipinski definition) is 4. The van der Waals surface area contributed by atoms with E-state index in [2.05, 4.69) is 27.5 Å². The zero-order valence-electron chi connectivity index (χ0n) is 20.8. The van der Waals surface area contributed by atoms with Gasteiger partial charge in [-0.05, 0) is 54.8 Å². The number of aliphatic hydroxyl groups is 1. The number of rotatable bonds is 10. The second kappa shape index (κ2) is 12.8. The molecule has 0 fully saturated rings. The molecule has 7 nitrogen and oxygen atoms in total. The lowest BCUT2D eigenvalue weighted by molar-refractivity contribution is -0.120. The van der Waals surface area contributed by atoms with Gasteiger partial charge in [-0.25, -0.2) is 4.39 Å². The summed E-state index contributed by atoms with van der Waals surface area (Å²) in [4.78, 5) is 27.5. The number of aliphatic hydroxyl groups excluding tert-OH is 1. The first-order chi connectivity index (χ1) is 17.3. The highest BCUT2D eigenvalue weighted by Crippen LogP contribution is 2.28. The zero-order chi connectivity index (χ0) is 26.1. The van der Waals surface area contributed by atoms with Crippen molar-refractivity contribution in [1.29, 1.82) is 0 Å². The van der Waals surface area contributed by atoms with Crippen LogP contribution >= 0.6 is 0 Å². The Balaban J connectivity index is 1.76. The number of unbranched alkanes of at least 4 members (excludes halogenated alkanes) is 1. The van der Waals surface area contributed by atoms with Crippen LogP contribution in [0.4, 0.5) is 4.39 Å². The van der Waals surface area contributed by atoms with Gasteiger partial charge < -0.3 is 25.5 Å². The molecule has 1 heterocycles. The fourth-order valence-electron chi connectivity index (χ4n) is 3.75. The van der Waals surface area contributed by atoms with Gasteiger partial charge in [0.2, 0.25) is 5.91 Å². The highest BCUT2D eigenvalue weighted by molar-refractivity contribution is 5.97. The van der Waals surface area contributed by atoms with Crippen molar-refractivity contribution in [3.05, 3.63) is 65.1 Å². The van der Waals surface area contributed by atoms with Crippen molar-refractivity contribution in [3.8, 4) is 17.6 Å². The van der Waals surface area contributed by atoms with E-state index in [-0.39, 0.29) is 17.3 Å². The first-order valence-corrected chi connectivity index (χ1v) is 12.1. The average Bonchev–Trinajstić information content (AvgIpc) is 3.29. The maximum atomic E-state index is 13.8. The lowest BCUT2D eigenvalue weighted by Crippen LogP contribution is -2.38. The Hall–Kier alpha value is -3.83. The van der Waals surface area contributed by atoms with Gasteiger partial charge in [0, 0.05) is 48.5 Å². The number of ether oxygens (including phenoxy) is 1. The average molecular weight is 494 g/mol. The highest BCUT2D eigenvalue weighted by atomic mass is 19.1. The van der Waals surface area contributed by atoms with E-state index in [4.69, 9.17) is 4.74 Å². The highest BCUT2D eigenvalue weighted by Gasteiger charge is 2.23. The Labute approximate surface area is 210 Å². The molecule has 0 saturated heterocycles. The van der Waals surface area contributed by atoms with E-state index < -0.39 is 18.1 Å². The maximum absolute atomic E-state index is 13.8. The number of hydrogen-bond acceptors (Lipinski definition) is 4. The van der Waals surface area contributed by atoms with Gasteiger partial charge in [0.05, 0.1) is 12.2 Å². The molecule has 0 aliphatic carbocycles. The van der Waals surface area contributed by atoms with Gasteiger partial charge in [-0.1, -0.05) is 25.7 Å². The Morgan fingerprint density at radius 2 is 2.03 bits per heavy atom. The van der Waals surface area contributed by atoms with Crippen molar-refractivity contribution in [2.45, 2.75) is 51.7 Å². The molecule has 4 N–H and O–H groups in total. The van der Waals surface area contributed by atoms with Crippen LogP contribution in [0.15, 0.2) is 42.6 Å². The van der Waals surface area contributed by atoms with Gasteiger partial charge in [-0.2, -0.15) is 0 Å². The minimum absolute atomic E-state index is 0.0289.